The zero-order valence-corrected chi connectivity index (χ0v) is 16.7. The normalized spacial score (nSPS) is 17.3. The maximum atomic E-state index is 12.8. The predicted octanol–water partition coefficient (Wildman–Crippen LogP) is 4.54. The minimum absolute atomic E-state index is 0.115. The first-order chi connectivity index (χ1) is 14.3. The summed E-state index contributed by atoms with van der Waals surface area (Å²) in [7, 11) is -9.78. The molecule has 1 aliphatic heterocycles. The summed E-state index contributed by atoms with van der Waals surface area (Å²) in [5.41, 5.74) is 0.128. The summed E-state index contributed by atoms with van der Waals surface area (Å²) in [5, 5.41) is 0.454. The number of rotatable bonds is 3. The molecule has 4 rings (SSSR count). The Bertz CT molecular complexity index is 1220. The molecule has 0 spiro atoms. The van der Waals surface area contributed by atoms with E-state index in [0.717, 1.165) is 12.1 Å². The molecule has 1 fully saturated rings. The van der Waals surface area contributed by atoms with E-state index in [0.29, 0.717) is 29.9 Å². The first-order valence-corrected chi connectivity index (χ1v) is 11.1. The molecule has 3 aromatic rings. The molecule has 1 aliphatic rings. The molecule has 1 saturated heterocycles. The average molecular weight is 460 g/mol. The van der Waals surface area contributed by atoms with Crippen LogP contribution >= 0.6 is 10.2 Å². The van der Waals surface area contributed by atoms with E-state index in [9.17, 15) is 29.0 Å². The van der Waals surface area contributed by atoms with Gasteiger partial charge in [-0.25, -0.2) is 4.98 Å². The van der Waals surface area contributed by atoms with Gasteiger partial charge >= 0.3 is 10.2 Å². The molecular weight excluding hydrogens is 443 g/mol. The molecule has 0 saturated carbocycles. The van der Waals surface area contributed by atoms with Crippen LogP contribution in [0.15, 0.2) is 58.2 Å². The molecule has 1 N–H and O–H groups in total. The second kappa shape index (κ2) is 6.42. The number of fused-ring (bicyclic) bond motifs is 1. The van der Waals surface area contributed by atoms with E-state index in [1.807, 2.05) is 0 Å². The standard InChI is InChI=1S/C19H17F5N4O2S/c20-31(21,22,23,24)14-7-5-13(6-8-14)18(30)27-9-11-28(12-10-27)19-25-16-4-2-1-3-15(16)17(29)26-19/h1-8H,9-12H2,(H,25,26,29). The molecule has 31 heavy (non-hydrogen) atoms. The third kappa shape index (κ3) is 4.33. The maximum absolute atomic E-state index is 12.8. The van der Waals surface area contributed by atoms with Crippen molar-refractivity contribution in [2.75, 3.05) is 31.1 Å². The van der Waals surface area contributed by atoms with Gasteiger partial charge in [0.05, 0.1) is 10.9 Å². The van der Waals surface area contributed by atoms with E-state index < -0.39 is 21.0 Å². The fourth-order valence-corrected chi connectivity index (χ4v) is 4.03. The van der Waals surface area contributed by atoms with E-state index in [1.165, 1.54) is 4.90 Å². The highest BCUT2D eigenvalue weighted by Gasteiger charge is 2.65. The molecule has 0 bridgehead atoms. The number of aromatic nitrogens is 2. The monoisotopic (exact) mass is 460 g/mol. The molecule has 0 atom stereocenters. The maximum Gasteiger partial charge on any atom is 0.310 e. The number of carbonyl (C=O) groups is 1. The Hall–Kier alpha value is -3.15. The van der Waals surface area contributed by atoms with Gasteiger partial charge in [-0.2, -0.15) is 0 Å². The zero-order chi connectivity index (χ0) is 22.5. The summed E-state index contributed by atoms with van der Waals surface area (Å²) >= 11 is 0. The first kappa shape index (κ1) is 21.1. The molecular formula is C19H17F5N4O2S. The lowest BCUT2D eigenvalue weighted by Gasteiger charge is -2.40. The number of nitrogens with one attached hydrogen (secondary N) is 1. The van der Waals surface area contributed by atoms with Crippen molar-refractivity contribution in [3.63, 3.8) is 0 Å². The number of aromatic amines is 1. The fraction of sp³-hybridized carbons (Fsp3) is 0.211. The van der Waals surface area contributed by atoms with Gasteiger partial charge < -0.3 is 9.80 Å². The highest BCUT2D eigenvalue weighted by molar-refractivity contribution is 8.45. The van der Waals surface area contributed by atoms with Crippen LogP contribution in [0.4, 0.5) is 25.4 Å². The number of hydrogen-bond acceptors (Lipinski definition) is 4. The summed E-state index contributed by atoms with van der Waals surface area (Å²) < 4.78 is 64.2. The Morgan fingerprint density at radius 1 is 0.903 bits per heavy atom. The Kier molecular flexibility index (Phi) is 4.37. The van der Waals surface area contributed by atoms with E-state index in [4.69, 9.17) is 0 Å². The number of carbonyl (C=O) groups excluding carboxylic acids is 1. The molecule has 0 unspecified atom stereocenters. The largest absolute Gasteiger partial charge is 0.339 e. The minimum Gasteiger partial charge on any atom is -0.339 e. The number of halogens is 5. The van der Waals surface area contributed by atoms with E-state index in [2.05, 4.69) is 9.97 Å². The summed E-state index contributed by atoms with van der Waals surface area (Å²) in [6.07, 6.45) is 0. The van der Waals surface area contributed by atoms with Crippen LogP contribution in [0.1, 0.15) is 10.4 Å². The van der Waals surface area contributed by atoms with Gasteiger partial charge in [-0.05, 0) is 36.4 Å². The smallest absolute Gasteiger partial charge is 0.310 e. The van der Waals surface area contributed by atoms with E-state index in [-0.39, 0.29) is 36.3 Å². The van der Waals surface area contributed by atoms with Gasteiger partial charge in [0.1, 0.15) is 4.90 Å². The number of hydrogen-bond donors (Lipinski definition) is 1. The van der Waals surface area contributed by atoms with Gasteiger partial charge in [0.25, 0.3) is 11.5 Å². The summed E-state index contributed by atoms with van der Waals surface area (Å²) in [5.74, 6) is -0.204. The van der Waals surface area contributed by atoms with Crippen molar-refractivity contribution >= 4 is 33.0 Å². The zero-order valence-electron chi connectivity index (χ0n) is 15.9. The van der Waals surface area contributed by atoms with Crippen molar-refractivity contribution in [3.05, 3.63) is 64.4 Å². The van der Waals surface area contributed by atoms with Crippen LogP contribution in [0.5, 0.6) is 0 Å². The number of benzene rings is 2. The van der Waals surface area contributed by atoms with Gasteiger partial charge in [-0.3, -0.25) is 14.6 Å². The minimum atomic E-state index is -9.78. The summed E-state index contributed by atoms with van der Waals surface area (Å²) in [6.45, 7) is 1.10. The quantitative estimate of drug-likeness (QED) is 0.583. The van der Waals surface area contributed by atoms with E-state index >= 15 is 0 Å². The lowest BCUT2D eigenvalue weighted by atomic mass is 10.2. The molecule has 1 aromatic heterocycles. The molecule has 2 heterocycles. The van der Waals surface area contributed by atoms with Crippen LogP contribution in [-0.4, -0.2) is 47.0 Å². The van der Waals surface area contributed by atoms with Crippen LogP contribution in [0.25, 0.3) is 10.9 Å². The van der Waals surface area contributed by atoms with Crippen LogP contribution in [-0.2, 0) is 0 Å². The number of piperazine rings is 1. The van der Waals surface area contributed by atoms with Crippen molar-refractivity contribution in [1.82, 2.24) is 14.9 Å². The molecule has 0 aliphatic carbocycles. The number of nitrogens with zero attached hydrogens (tertiary/aromatic N) is 3. The number of para-hydroxylation sites is 1. The molecule has 2 aromatic carbocycles. The second-order valence-electron chi connectivity index (χ2n) is 7.18. The first-order valence-electron chi connectivity index (χ1n) is 9.19. The van der Waals surface area contributed by atoms with Crippen molar-refractivity contribution in [1.29, 1.82) is 0 Å². The number of H-pyrrole nitrogens is 1. The SMILES string of the molecule is O=C(c1ccc(S(F)(F)(F)(F)F)cc1)N1CCN(c2nc3ccccc3c(=O)[nH]2)CC1. The summed E-state index contributed by atoms with van der Waals surface area (Å²) in [4.78, 5) is 33.1. The highest BCUT2D eigenvalue weighted by Crippen LogP contribution is 3.02. The number of amides is 1. The van der Waals surface area contributed by atoms with Gasteiger partial charge in [0, 0.05) is 31.7 Å². The predicted molar refractivity (Wildman–Crippen MR) is 108 cm³/mol. The van der Waals surface area contributed by atoms with Gasteiger partial charge in [0.2, 0.25) is 5.95 Å². The average Bonchev–Trinajstić information content (AvgIpc) is 2.72. The van der Waals surface area contributed by atoms with Gasteiger partial charge in [-0.1, -0.05) is 31.6 Å². The fourth-order valence-electron chi connectivity index (χ4n) is 3.38. The van der Waals surface area contributed by atoms with Gasteiger partial charge in [-0.15, -0.1) is 0 Å². The van der Waals surface area contributed by atoms with Crippen LogP contribution in [0.2, 0.25) is 0 Å². The Morgan fingerprint density at radius 3 is 2.13 bits per heavy atom. The van der Waals surface area contributed by atoms with Crippen LogP contribution < -0.4 is 10.5 Å². The van der Waals surface area contributed by atoms with Crippen molar-refractivity contribution < 1.29 is 24.2 Å². The Morgan fingerprint density at radius 2 is 1.52 bits per heavy atom. The molecule has 0 radical (unpaired) electrons. The Balaban J connectivity index is 1.47. The highest BCUT2D eigenvalue weighted by atomic mass is 32.5. The molecule has 6 nitrogen and oxygen atoms in total. The van der Waals surface area contributed by atoms with Crippen LogP contribution in [0, 0.1) is 0 Å². The van der Waals surface area contributed by atoms with Gasteiger partial charge in [0.15, 0.2) is 0 Å². The van der Waals surface area contributed by atoms with Crippen molar-refractivity contribution in [2.45, 2.75) is 4.90 Å². The third-order valence-electron chi connectivity index (χ3n) is 5.01. The van der Waals surface area contributed by atoms with Crippen molar-refractivity contribution in [2.24, 2.45) is 0 Å². The van der Waals surface area contributed by atoms with Crippen LogP contribution in [0.3, 0.4) is 0 Å². The molecule has 1 amide bonds. The molecule has 166 valence electrons. The number of anilines is 1. The summed E-state index contributed by atoms with van der Waals surface area (Å²) in [6, 6.07) is 8.83. The second-order valence-corrected chi connectivity index (χ2v) is 9.59. The van der Waals surface area contributed by atoms with E-state index in [1.54, 1.807) is 29.2 Å². The third-order valence-corrected chi connectivity index (χ3v) is 6.18. The lowest BCUT2D eigenvalue weighted by molar-refractivity contribution is 0.0746. The van der Waals surface area contributed by atoms with Crippen molar-refractivity contribution in [3.8, 4) is 0 Å². The Labute approximate surface area is 173 Å². The lowest BCUT2D eigenvalue weighted by Crippen LogP contribution is -2.49. The topological polar surface area (TPSA) is 69.3 Å². The molecule has 12 heteroatoms.